The standard InChI is InChI=1S/C17H16N2O6/c20-16(18-10-4-5-11-18)15(12-6-2-1-3-7-12)25-17(21)13-8-9-14(24-13)19(22)23/h1-3,6-9,15H,4-5,10-11H2/t15-/m0/s1. The van der Waals surface area contributed by atoms with Crippen molar-refractivity contribution in [3.63, 3.8) is 0 Å². The van der Waals surface area contributed by atoms with Gasteiger partial charge in [-0.3, -0.25) is 14.9 Å². The summed E-state index contributed by atoms with van der Waals surface area (Å²) in [6.45, 7) is 1.23. The first-order chi connectivity index (χ1) is 12.1. The molecule has 0 saturated carbocycles. The van der Waals surface area contributed by atoms with Crippen molar-refractivity contribution in [3.05, 3.63) is 63.9 Å². The monoisotopic (exact) mass is 344 g/mol. The molecule has 2 aromatic rings. The van der Waals surface area contributed by atoms with Crippen molar-refractivity contribution >= 4 is 17.8 Å². The average molecular weight is 344 g/mol. The number of nitrogens with zero attached hydrogens (tertiary/aromatic N) is 2. The first kappa shape index (κ1) is 16.7. The summed E-state index contributed by atoms with van der Waals surface area (Å²) in [5, 5.41) is 10.7. The van der Waals surface area contributed by atoms with Crippen LogP contribution in [-0.4, -0.2) is 34.8 Å². The van der Waals surface area contributed by atoms with Crippen LogP contribution in [-0.2, 0) is 9.53 Å². The lowest BCUT2D eigenvalue weighted by Gasteiger charge is -2.23. The zero-order valence-corrected chi connectivity index (χ0v) is 13.3. The molecular weight excluding hydrogens is 328 g/mol. The molecule has 8 heteroatoms. The maximum atomic E-state index is 12.7. The molecule has 1 aliphatic heterocycles. The van der Waals surface area contributed by atoms with Crippen LogP contribution in [0.1, 0.15) is 35.1 Å². The zero-order chi connectivity index (χ0) is 17.8. The van der Waals surface area contributed by atoms with E-state index in [0.717, 1.165) is 25.0 Å². The molecule has 0 unspecified atom stereocenters. The normalized spacial score (nSPS) is 15.0. The Kier molecular flexibility index (Phi) is 4.78. The first-order valence-electron chi connectivity index (χ1n) is 7.85. The Morgan fingerprint density at radius 3 is 2.40 bits per heavy atom. The van der Waals surface area contributed by atoms with Crippen LogP contribution in [0.2, 0.25) is 0 Å². The van der Waals surface area contributed by atoms with E-state index in [1.807, 2.05) is 0 Å². The third-order valence-electron chi connectivity index (χ3n) is 3.94. The Morgan fingerprint density at radius 2 is 1.80 bits per heavy atom. The maximum absolute atomic E-state index is 12.7. The smallest absolute Gasteiger partial charge is 0.433 e. The van der Waals surface area contributed by atoms with Gasteiger partial charge in [0.1, 0.15) is 4.92 Å². The van der Waals surface area contributed by atoms with Gasteiger partial charge in [0.05, 0.1) is 6.07 Å². The van der Waals surface area contributed by atoms with Crippen LogP contribution in [0, 0.1) is 10.1 Å². The van der Waals surface area contributed by atoms with Gasteiger partial charge in [-0.2, -0.15) is 0 Å². The van der Waals surface area contributed by atoms with E-state index in [4.69, 9.17) is 9.15 Å². The molecule has 0 spiro atoms. The van der Waals surface area contributed by atoms with Gasteiger partial charge in [0.2, 0.25) is 11.9 Å². The van der Waals surface area contributed by atoms with Crippen molar-refractivity contribution in [3.8, 4) is 0 Å². The van der Waals surface area contributed by atoms with E-state index >= 15 is 0 Å². The van der Waals surface area contributed by atoms with Crippen LogP contribution in [0.15, 0.2) is 46.9 Å². The minimum absolute atomic E-state index is 0.307. The number of furan rings is 1. The predicted octanol–water partition coefficient (Wildman–Crippen LogP) is 2.71. The molecule has 2 heterocycles. The van der Waals surface area contributed by atoms with E-state index in [1.54, 1.807) is 35.2 Å². The first-order valence-corrected chi connectivity index (χ1v) is 7.85. The fourth-order valence-electron chi connectivity index (χ4n) is 2.69. The SMILES string of the molecule is O=C(O[C@H](C(=O)N1CCCC1)c1ccccc1)c1ccc([N+](=O)[O-])o1. The lowest BCUT2D eigenvalue weighted by molar-refractivity contribution is -0.402. The Balaban J connectivity index is 1.82. The molecule has 130 valence electrons. The Morgan fingerprint density at radius 1 is 1.12 bits per heavy atom. The molecule has 0 radical (unpaired) electrons. The topological polar surface area (TPSA) is 103 Å². The van der Waals surface area contributed by atoms with Crippen LogP contribution in [0.4, 0.5) is 5.88 Å². The summed E-state index contributed by atoms with van der Waals surface area (Å²) in [6.07, 6.45) is 0.702. The molecule has 1 amide bonds. The second kappa shape index (κ2) is 7.16. The highest BCUT2D eigenvalue weighted by Crippen LogP contribution is 2.25. The number of amides is 1. The molecular formula is C17H16N2O6. The van der Waals surface area contributed by atoms with Gasteiger partial charge >= 0.3 is 11.9 Å². The quantitative estimate of drug-likeness (QED) is 0.469. The summed E-state index contributed by atoms with van der Waals surface area (Å²) in [6, 6.07) is 10.9. The molecule has 1 aromatic heterocycles. The van der Waals surface area contributed by atoms with Crippen LogP contribution >= 0.6 is 0 Å². The highest BCUT2D eigenvalue weighted by molar-refractivity contribution is 5.91. The molecule has 25 heavy (non-hydrogen) atoms. The van der Waals surface area contributed by atoms with Gasteiger partial charge in [0.15, 0.2) is 0 Å². The third-order valence-corrected chi connectivity index (χ3v) is 3.94. The number of rotatable bonds is 5. The third kappa shape index (κ3) is 3.68. The summed E-state index contributed by atoms with van der Waals surface area (Å²) in [7, 11) is 0. The van der Waals surface area contributed by atoms with Gasteiger partial charge in [-0.1, -0.05) is 30.3 Å². The average Bonchev–Trinajstić information content (AvgIpc) is 3.31. The number of benzene rings is 1. The van der Waals surface area contributed by atoms with Crippen molar-refractivity contribution in [2.45, 2.75) is 18.9 Å². The number of hydrogen-bond donors (Lipinski definition) is 0. The summed E-state index contributed by atoms with van der Waals surface area (Å²) < 4.78 is 10.2. The van der Waals surface area contributed by atoms with Gasteiger partial charge in [0, 0.05) is 18.7 Å². The van der Waals surface area contributed by atoms with E-state index in [9.17, 15) is 19.7 Å². The molecule has 1 atom stereocenters. The highest BCUT2D eigenvalue weighted by Gasteiger charge is 2.32. The number of hydrogen-bond acceptors (Lipinski definition) is 6. The van der Waals surface area contributed by atoms with E-state index in [1.165, 1.54) is 0 Å². The largest absolute Gasteiger partial charge is 0.441 e. The predicted molar refractivity (Wildman–Crippen MR) is 85.8 cm³/mol. The Hall–Kier alpha value is -3.16. The fraction of sp³-hybridized carbons (Fsp3) is 0.294. The van der Waals surface area contributed by atoms with E-state index in [2.05, 4.69) is 0 Å². The molecule has 8 nitrogen and oxygen atoms in total. The van der Waals surface area contributed by atoms with E-state index < -0.39 is 22.9 Å². The number of carbonyl (C=O) groups is 2. The van der Waals surface area contributed by atoms with Crippen LogP contribution in [0.3, 0.4) is 0 Å². The molecule has 3 rings (SSSR count). The number of esters is 1. The number of likely N-dealkylation sites (tertiary alicyclic amines) is 1. The van der Waals surface area contributed by atoms with Crippen molar-refractivity contribution in [1.29, 1.82) is 0 Å². The van der Waals surface area contributed by atoms with Crippen molar-refractivity contribution in [2.24, 2.45) is 0 Å². The van der Waals surface area contributed by atoms with Crippen LogP contribution in [0.25, 0.3) is 0 Å². The molecule has 1 fully saturated rings. The van der Waals surface area contributed by atoms with Crippen molar-refractivity contribution in [2.75, 3.05) is 13.1 Å². The minimum atomic E-state index is -1.11. The van der Waals surface area contributed by atoms with Crippen molar-refractivity contribution in [1.82, 2.24) is 4.90 Å². The molecule has 1 saturated heterocycles. The Labute approximate surface area is 143 Å². The highest BCUT2D eigenvalue weighted by atomic mass is 16.7. The van der Waals surface area contributed by atoms with Gasteiger partial charge in [-0.25, -0.2) is 4.79 Å². The molecule has 1 aromatic carbocycles. The van der Waals surface area contributed by atoms with E-state index in [-0.39, 0.29) is 11.7 Å². The number of carbonyl (C=O) groups excluding carboxylic acids is 2. The van der Waals surface area contributed by atoms with Gasteiger partial charge in [-0.15, -0.1) is 0 Å². The number of ether oxygens (including phenoxy) is 1. The summed E-state index contributed by atoms with van der Waals surface area (Å²) >= 11 is 0. The fourth-order valence-corrected chi connectivity index (χ4v) is 2.69. The summed E-state index contributed by atoms with van der Waals surface area (Å²) in [5.41, 5.74) is 0.536. The Bertz CT molecular complexity index is 779. The molecule has 0 aliphatic carbocycles. The van der Waals surface area contributed by atoms with Gasteiger partial charge < -0.3 is 14.1 Å². The second-order valence-corrected chi connectivity index (χ2v) is 5.62. The lowest BCUT2D eigenvalue weighted by atomic mass is 10.1. The minimum Gasteiger partial charge on any atom is -0.441 e. The summed E-state index contributed by atoms with van der Waals surface area (Å²) in [4.78, 5) is 36.6. The molecule has 1 aliphatic rings. The summed E-state index contributed by atoms with van der Waals surface area (Å²) in [5.74, 6) is -2.11. The van der Waals surface area contributed by atoms with Gasteiger partial charge in [0.25, 0.3) is 5.91 Å². The molecule has 0 bridgehead atoms. The number of nitro groups is 1. The van der Waals surface area contributed by atoms with Crippen LogP contribution < -0.4 is 0 Å². The lowest BCUT2D eigenvalue weighted by Crippen LogP contribution is -2.34. The van der Waals surface area contributed by atoms with Gasteiger partial charge in [-0.05, 0) is 18.9 Å². The maximum Gasteiger partial charge on any atom is 0.433 e. The van der Waals surface area contributed by atoms with E-state index in [0.29, 0.717) is 18.7 Å². The van der Waals surface area contributed by atoms with Crippen LogP contribution in [0.5, 0.6) is 0 Å². The van der Waals surface area contributed by atoms with Crippen molar-refractivity contribution < 1.29 is 23.7 Å². The zero-order valence-electron chi connectivity index (χ0n) is 13.3. The second-order valence-electron chi connectivity index (χ2n) is 5.62. The molecule has 0 N–H and O–H groups in total.